The van der Waals surface area contributed by atoms with Gasteiger partial charge in [-0.25, -0.2) is 0 Å². The first-order chi connectivity index (χ1) is 9.63. The van der Waals surface area contributed by atoms with Gasteiger partial charge in [0.1, 0.15) is 0 Å². The van der Waals surface area contributed by atoms with E-state index in [0.717, 1.165) is 18.5 Å². The number of aliphatic carboxylic acids is 1. The molecule has 0 amide bonds. The third kappa shape index (κ3) is 4.79. The molecule has 0 aliphatic carbocycles. The first-order valence-electron chi connectivity index (χ1n) is 6.67. The van der Waals surface area contributed by atoms with Crippen molar-refractivity contribution in [3.63, 3.8) is 0 Å². The van der Waals surface area contributed by atoms with Gasteiger partial charge in [-0.1, -0.05) is 24.3 Å². The third-order valence-corrected chi connectivity index (χ3v) is 3.89. The standard InChI is InChI=1S/C16H19NO2S/c1-12(8-15-6-7-20-11-15)17-10-14-4-2-13(3-5-14)9-16(18)19/h2-7,11-12,17H,8-10H2,1H3,(H,18,19). The Labute approximate surface area is 123 Å². The lowest BCUT2D eigenvalue weighted by Gasteiger charge is -2.13. The summed E-state index contributed by atoms with van der Waals surface area (Å²) in [6, 6.07) is 10.3. The normalized spacial score (nSPS) is 12.2. The van der Waals surface area contributed by atoms with Gasteiger partial charge in [0.25, 0.3) is 0 Å². The van der Waals surface area contributed by atoms with Gasteiger partial charge in [-0.2, -0.15) is 11.3 Å². The fourth-order valence-corrected chi connectivity index (χ4v) is 2.76. The zero-order valence-corrected chi connectivity index (χ0v) is 12.3. The molecule has 2 rings (SSSR count). The van der Waals surface area contributed by atoms with Crippen LogP contribution in [0.3, 0.4) is 0 Å². The van der Waals surface area contributed by atoms with Crippen molar-refractivity contribution in [1.82, 2.24) is 5.32 Å². The van der Waals surface area contributed by atoms with E-state index in [9.17, 15) is 4.79 Å². The van der Waals surface area contributed by atoms with Crippen LogP contribution in [0.2, 0.25) is 0 Å². The highest BCUT2D eigenvalue weighted by atomic mass is 32.1. The number of carboxylic acid groups (broad SMARTS) is 1. The Bertz CT molecular complexity index is 534. The van der Waals surface area contributed by atoms with Crippen LogP contribution in [-0.4, -0.2) is 17.1 Å². The number of benzene rings is 1. The van der Waals surface area contributed by atoms with E-state index in [1.54, 1.807) is 11.3 Å². The largest absolute Gasteiger partial charge is 0.481 e. The summed E-state index contributed by atoms with van der Waals surface area (Å²) < 4.78 is 0. The van der Waals surface area contributed by atoms with Crippen LogP contribution in [0.25, 0.3) is 0 Å². The van der Waals surface area contributed by atoms with E-state index in [1.165, 1.54) is 11.1 Å². The van der Waals surface area contributed by atoms with Crippen molar-refractivity contribution in [2.24, 2.45) is 0 Å². The average molecular weight is 289 g/mol. The van der Waals surface area contributed by atoms with Gasteiger partial charge in [-0.15, -0.1) is 0 Å². The summed E-state index contributed by atoms with van der Waals surface area (Å²) in [6.07, 6.45) is 1.11. The molecule has 0 saturated heterocycles. The predicted molar refractivity (Wildman–Crippen MR) is 82.1 cm³/mol. The topological polar surface area (TPSA) is 49.3 Å². The monoisotopic (exact) mass is 289 g/mol. The number of nitrogens with one attached hydrogen (secondary N) is 1. The minimum Gasteiger partial charge on any atom is -0.481 e. The van der Waals surface area contributed by atoms with E-state index in [4.69, 9.17) is 5.11 Å². The average Bonchev–Trinajstić information content (AvgIpc) is 2.90. The van der Waals surface area contributed by atoms with E-state index in [1.807, 2.05) is 24.3 Å². The molecule has 106 valence electrons. The molecule has 1 aromatic carbocycles. The lowest BCUT2D eigenvalue weighted by atomic mass is 10.1. The van der Waals surface area contributed by atoms with Gasteiger partial charge in [-0.3, -0.25) is 4.79 Å². The zero-order chi connectivity index (χ0) is 14.4. The maximum atomic E-state index is 10.6. The van der Waals surface area contributed by atoms with Gasteiger partial charge in [0.05, 0.1) is 6.42 Å². The van der Waals surface area contributed by atoms with Crippen molar-refractivity contribution >= 4 is 17.3 Å². The molecule has 3 nitrogen and oxygen atoms in total. The lowest BCUT2D eigenvalue weighted by molar-refractivity contribution is -0.136. The van der Waals surface area contributed by atoms with Crippen molar-refractivity contribution < 1.29 is 9.90 Å². The molecule has 1 aromatic heterocycles. The molecule has 1 heterocycles. The number of rotatable bonds is 7. The van der Waals surface area contributed by atoms with Gasteiger partial charge in [0, 0.05) is 12.6 Å². The first-order valence-corrected chi connectivity index (χ1v) is 7.62. The molecule has 0 saturated carbocycles. The fraction of sp³-hybridized carbons (Fsp3) is 0.312. The Morgan fingerprint density at radius 3 is 2.50 bits per heavy atom. The van der Waals surface area contributed by atoms with Crippen LogP contribution >= 0.6 is 11.3 Å². The van der Waals surface area contributed by atoms with Crippen LogP contribution in [0.4, 0.5) is 0 Å². The smallest absolute Gasteiger partial charge is 0.307 e. The second-order valence-corrected chi connectivity index (χ2v) is 5.78. The van der Waals surface area contributed by atoms with Crippen molar-refractivity contribution in [2.45, 2.75) is 32.4 Å². The van der Waals surface area contributed by atoms with E-state index >= 15 is 0 Å². The molecule has 0 fully saturated rings. The van der Waals surface area contributed by atoms with Crippen LogP contribution in [0.1, 0.15) is 23.6 Å². The second kappa shape index (κ2) is 7.22. The number of hydrogen-bond acceptors (Lipinski definition) is 3. The summed E-state index contributed by atoms with van der Waals surface area (Å²) in [5.41, 5.74) is 3.38. The van der Waals surface area contributed by atoms with Gasteiger partial charge in [0.15, 0.2) is 0 Å². The molecule has 1 unspecified atom stereocenters. The maximum absolute atomic E-state index is 10.6. The van der Waals surface area contributed by atoms with E-state index in [0.29, 0.717) is 6.04 Å². The van der Waals surface area contributed by atoms with Crippen LogP contribution in [0.5, 0.6) is 0 Å². The Morgan fingerprint density at radius 1 is 1.20 bits per heavy atom. The Morgan fingerprint density at radius 2 is 1.90 bits per heavy atom. The minimum absolute atomic E-state index is 0.0856. The van der Waals surface area contributed by atoms with Crippen LogP contribution < -0.4 is 5.32 Å². The maximum Gasteiger partial charge on any atom is 0.307 e. The first kappa shape index (κ1) is 14.8. The van der Waals surface area contributed by atoms with E-state index in [2.05, 4.69) is 29.1 Å². The molecule has 0 radical (unpaired) electrons. The van der Waals surface area contributed by atoms with Crippen molar-refractivity contribution in [3.8, 4) is 0 Å². The van der Waals surface area contributed by atoms with Crippen molar-refractivity contribution in [2.75, 3.05) is 0 Å². The predicted octanol–water partition coefficient (Wildman–Crippen LogP) is 3.10. The molecule has 2 aromatic rings. The summed E-state index contributed by atoms with van der Waals surface area (Å²) in [6.45, 7) is 2.98. The Balaban J connectivity index is 1.80. The van der Waals surface area contributed by atoms with E-state index < -0.39 is 5.97 Å². The number of carboxylic acids is 1. The van der Waals surface area contributed by atoms with Crippen LogP contribution in [0.15, 0.2) is 41.1 Å². The summed E-state index contributed by atoms with van der Waals surface area (Å²) in [5.74, 6) is -0.791. The summed E-state index contributed by atoms with van der Waals surface area (Å²) in [4.78, 5) is 10.6. The van der Waals surface area contributed by atoms with Gasteiger partial charge in [-0.05, 0) is 46.9 Å². The Kier molecular flexibility index (Phi) is 5.32. The lowest BCUT2D eigenvalue weighted by Crippen LogP contribution is -2.27. The minimum atomic E-state index is -0.791. The third-order valence-electron chi connectivity index (χ3n) is 3.15. The molecule has 2 N–H and O–H groups in total. The molecule has 0 bridgehead atoms. The summed E-state index contributed by atoms with van der Waals surface area (Å²) >= 11 is 1.73. The van der Waals surface area contributed by atoms with Gasteiger partial charge >= 0.3 is 5.97 Å². The van der Waals surface area contributed by atoms with Gasteiger partial charge < -0.3 is 10.4 Å². The number of hydrogen-bond donors (Lipinski definition) is 2. The number of carbonyl (C=O) groups is 1. The molecule has 0 spiro atoms. The van der Waals surface area contributed by atoms with Crippen molar-refractivity contribution in [3.05, 3.63) is 57.8 Å². The van der Waals surface area contributed by atoms with Gasteiger partial charge in [0.2, 0.25) is 0 Å². The molecule has 0 aliphatic rings. The highest BCUT2D eigenvalue weighted by molar-refractivity contribution is 7.07. The van der Waals surface area contributed by atoms with Crippen LogP contribution in [0, 0.1) is 0 Å². The molecular weight excluding hydrogens is 270 g/mol. The fourth-order valence-electron chi connectivity index (χ4n) is 2.08. The summed E-state index contributed by atoms with van der Waals surface area (Å²) in [7, 11) is 0. The summed E-state index contributed by atoms with van der Waals surface area (Å²) in [5, 5.41) is 16.5. The molecule has 4 heteroatoms. The second-order valence-electron chi connectivity index (χ2n) is 5.00. The zero-order valence-electron chi connectivity index (χ0n) is 11.5. The molecular formula is C16H19NO2S. The highest BCUT2D eigenvalue weighted by Gasteiger charge is 2.04. The molecule has 1 atom stereocenters. The number of thiophene rings is 1. The van der Waals surface area contributed by atoms with E-state index in [-0.39, 0.29) is 6.42 Å². The Hall–Kier alpha value is -1.65. The molecule has 0 aliphatic heterocycles. The van der Waals surface area contributed by atoms with Crippen LogP contribution in [-0.2, 0) is 24.2 Å². The quantitative estimate of drug-likeness (QED) is 0.823. The van der Waals surface area contributed by atoms with Crippen molar-refractivity contribution in [1.29, 1.82) is 0 Å². The highest BCUT2D eigenvalue weighted by Crippen LogP contribution is 2.10. The SMILES string of the molecule is CC(Cc1ccsc1)NCc1ccc(CC(=O)O)cc1. The molecule has 20 heavy (non-hydrogen) atoms.